The van der Waals surface area contributed by atoms with Gasteiger partial charge in [0.25, 0.3) is 0 Å². The van der Waals surface area contributed by atoms with E-state index in [2.05, 4.69) is 24.4 Å². The molecule has 3 nitrogen and oxygen atoms in total. The van der Waals surface area contributed by atoms with E-state index < -0.39 is 8.32 Å². The third-order valence-electron chi connectivity index (χ3n) is 2.49. The molecular formula is C15H22O3Si. The Kier molecular flexibility index (Phi) is 5.82. The van der Waals surface area contributed by atoms with Gasteiger partial charge in [0.15, 0.2) is 0 Å². The van der Waals surface area contributed by atoms with E-state index in [0.717, 1.165) is 12.8 Å². The molecule has 1 rings (SSSR count). The van der Waals surface area contributed by atoms with Gasteiger partial charge < -0.3 is 9.16 Å². The number of rotatable bonds is 6. The van der Waals surface area contributed by atoms with Crippen molar-refractivity contribution in [2.24, 2.45) is 0 Å². The van der Waals surface area contributed by atoms with Crippen LogP contribution in [-0.4, -0.2) is 21.4 Å². The number of allylic oxidation sites excluding steroid dienone is 1. The highest BCUT2D eigenvalue weighted by Gasteiger charge is 2.12. The Bertz CT molecular complexity index is 430. The second kappa shape index (κ2) is 7.14. The lowest BCUT2D eigenvalue weighted by Crippen LogP contribution is -2.21. The SMILES string of the molecule is COC(=O)c1ccc(CCC=CO[Si](C)(C)C)cc1. The van der Waals surface area contributed by atoms with E-state index in [1.54, 1.807) is 12.1 Å². The molecule has 0 saturated carbocycles. The summed E-state index contributed by atoms with van der Waals surface area (Å²) in [5.41, 5.74) is 1.79. The minimum absolute atomic E-state index is 0.296. The maximum absolute atomic E-state index is 11.3. The summed E-state index contributed by atoms with van der Waals surface area (Å²) in [6.45, 7) is 6.47. The monoisotopic (exact) mass is 278 g/mol. The van der Waals surface area contributed by atoms with Gasteiger partial charge >= 0.3 is 5.97 Å². The van der Waals surface area contributed by atoms with E-state index in [1.165, 1.54) is 12.7 Å². The fourth-order valence-electron chi connectivity index (χ4n) is 1.50. The summed E-state index contributed by atoms with van der Waals surface area (Å²) >= 11 is 0. The number of carbonyl (C=O) groups is 1. The Hall–Kier alpha value is -1.55. The lowest BCUT2D eigenvalue weighted by molar-refractivity contribution is 0.0600. The largest absolute Gasteiger partial charge is 0.550 e. The molecule has 0 radical (unpaired) electrons. The van der Waals surface area contributed by atoms with Crippen LogP contribution in [-0.2, 0) is 15.6 Å². The molecule has 1 aromatic carbocycles. The van der Waals surface area contributed by atoms with Gasteiger partial charge in [-0.15, -0.1) is 0 Å². The van der Waals surface area contributed by atoms with Crippen LogP contribution < -0.4 is 0 Å². The first kappa shape index (κ1) is 15.5. The quantitative estimate of drug-likeness (QED) is 0.451. The van der Waals surface area contributed by atoms with Gasteiger partial charge in [-0.2, -0.15) is 0 Å². The summed E-state index contributed by atoms with van der Waals surface area (Å²) < 4.78 is 10.3. The molecule has 104 valence electrons. The number of esters is 1. The van der Waals surface area contributed by atoms with Gasteiger partial charge in [0.1, 0.15) is 0 Å². The summed E-state index contributed by atoms with van der Waals surface area (Å²) in [6.07, 6.45) is 5.73. The van der Waals surface area contributed by atoms with Gasteiger partial charge in [-0.3, -0.25) is 0 Å². The molecular weight excluding hydrogens is 256 g/mol. The van der Waals surface area contributed by atoms with Gasteiger partial charge in [0.05, 0.1) is 18.9 Å². The second-order valence-electron chi connectivity index (χ2n) is 5.33. The average molecular weight is 278 g/mol. The van der Waals surface area contributed by atoms with Crippen LogP contribution in [0.5, 0.6) is 0 Å². The molecule has 0 unspecified atom stereocenters. The van der Waals surface area contributed by atoms with Gasteiger partial charge in [0.2, 0.25) is 8.32 Å². The van der Waals surface area contributed by atoms with Crippen LogP contribution in [0.25, 0.3) is 0 Å². The molecule has 0 aromatic heterocycles. The zero-order chi connectivity index (χ0) is 14.3. The number of methoxy groups -OCH3 is 1. The number of aryl methyl sites for hydroxylation is 1. The first-order valence-electron chi connectivity index (χ1n) is 6.42. The topological polar surface area (TPSA) is 35.5 Å². The Balaban J connectivity index is 2.40. The van der Waals surface area contributed by atoms with E-state index in [0.29, 0.717) is 5.56 Å². The van der Waals surface area contributed by atoms with Crippen molar-refractivity contribution in [1.29, 1.82) is 0 Å². The van der Waals surface area contributed by atoms with Crippen LogP contribution in [0.15, 0.2) is 36.6 Å². The number of hydrogen-bond acceptors (Lipinski definition) is 3. The van der Waals surface area contributed by atoms with Crippen LogP contribution in [0, 0.1) is 0 Å². The second-order valence-corrected chi connectivity index (χ2v) is 9.79. The summed E-state index contributed by atoms with van der Waals surface area (Å²) in [5.74, 6) is -0.296. The summed E-state index contributed by atoms with van der Waals surface area (Å²) in [5, 5.41) is 0. The van der Waals surface area contributed by atoms with Crippen molar-refractivity contribution in [2.75, 3.05) is 7.11 Å². The molecule has 0 fully saturated rings. The van der Waals surface area contributed by atoms with Crippen LogP contribution in [0.1, 0.15) is 22.3 Å². The first-order chi connectivity index (χ1) is 8.92. The molecule has 4 heteroatoms. The standard InChI is InChI=1S/C15H22O3Si/c1-17-15(16)14-10-8-13(9-11-14)7-5-6-12-18-19(2,3)4/h6,8-12H,5,7H2,1-4H3. The highest BCUT2D eigenvalue weighted by molar-refractivity contribution is 6.69. The molecule has 1 aromatic rings. The van der Waals surface area contributed by atoms with Crippen LogP contribution >= 0.6 is 0 Å². The predicted octanol–water partition coefficient (Wildman–Crippen LogP) is 3.77. The Labute approximate surface area is 116 Å². The maximum Gasteiger partial charge on any atom is 0.337 e. The van der Waals surface area contributed by atoms with Gasteiger partial charge in [-0.05, 0) is 50.2 Å². The Morgan fingerprint density at radius 1 is 1.21 bits per heavy atom. The van der Waals surface area contributed by atoms with Crippen molar-refractivity contribution in [1.82, 2.24) is 0 Å². The molecule has 0 aliphatic heterocycles. The average Bonchev–Trinajstić information content (AvgIpc) is 2.37. The first-order valence-corrected chi connectivity index (χ1v) is 9.83. The molecule has 19 heavy (non-hydrogen) atoms. The maximum atomic E-state index is 11.3. The predicted molar refractivity (Wildman–Crippen MR) is 79.7 cm³/mol. The molecule has 0 spiro atoms. The lowest BCUT2D eigenvalue weighted by Gasteiger charge is -2.14. The third-order valence-corrected chi connectivity index (χ3v) is 3.34. The van der Waals surface area contributed by atoms with Crippen LogP contribution in [0.4, 0.5) is 0 Å². The third kappa shape index (κ3) is 6.24. The number of carbonyl (C=O) groups excluding carboxylic acids is 1. The van der Waals surface area contributed by atoms with Gasteiger partial charge in [0, 0.05) is 0 Å². The molecule has 0 heterocycles. The zero-order valence-electron chi connectivity index (χ0n) is 12.1. The van der Waals surface area contributed by atoms with E-state index in [9.17, 15) is 4.79 Å². The highest BCUT2D eigenvalue weighted by atomic mass is 28.4. The highest BCUT2D eigenvalue weighted by Crippen LogP contribution is 2.09. The van der Waals surface area contributed by atoms with Crippen molar-refractivity contribution >= 4 is 14.3 Å². The molecule has 0 aliphatic carbocycles. The minimum Gasteiger partial charge on any atom is -0.550 e. The van der Waals surface area contributed by atoms with Crippen LogP contribution in [0.3, 0.4) is 0 Å². The number of ether oxygens (including phenoxy) is 1. The summed E-state index contributed by atoms with van der Waals surface area (Å²) in [6, 6.07) is 7.51. The van der Waals surface area contributed by atoms with Gasteiger partial charge in [-0.25, -0.2) is 4.79 Å². The van der Waals surface area contributed by atoms with Crippen molar-refractivity contribution in [2.45, 2.75) is 32.5 Å². The van der Waals surface area contributed by atoms with Crippen molar-refractivity contribution in [3.8, 4) is 0 Å². The van der Waals surface area contributed by atoms with E-state index in [4.69, 9.17) is 4.43 Å². The normalized spacial score (nSPS) is 11.6. The fourth-order valence-corrected chi connectivity index (χ4v) is 2.00. The van der Waals surface area contributed by atoms with Crippen LogP contribution in [0.2, 0.25) is 19.6 Å². The lowest BCUT2D eigenvalue weighted by atomic mass is 10.1. The fraction of sp³-hybridized carbons (Fsp3) is 0.400. The summed E-state index contributed by atoms with van der Waals surface area (Å²) in [4.78, 5) is 11.3. The Morgan fingerprint density at radius 3 is 2.37 bits per heavy atom. The van der Waals surface area contributed by atoms with E-state index >= 15 is 0 Å². The Morgan fingerprint density at radius 2 is 1.84 bits per heavy atom. The molecule has 0 atom stereocenters. The van der Waals surface area contributed by atoms with E-state index in [-0.39, 0.29) is 5.97 Å². The number of benzene rings is 1. The number of hydrogen-bond donors (Lipinski definition) is 0. The molecule has 0 saturated heterocycles. The molecule has 0 N–H and O–H groups in total. The molecule has 0 amide bonds. The van der Waals surface area contributed by atoms with Crippen molar-refractivity contribution in [3.05, 3.63) is 47.7 Å². The minimum atomic E-state index is -1.45. The molecule has 0 bridgehead atoms. The van der Waals surface area contributed by atoms with Crippen molar-refractivity contribution in [3.63, 3.8) is 0 Å². The van der Waals surface area contributed by atoms with E-state index in [1.807, 2.05) is 24.5 Å². The summed E-state index contributed by atoms with van der Waals surface area (Å²) in [7, 11) is -0.0605. The molecule has 0 aliphatic rings. The smallest absolute Gasteiger partial charge is 0.337 e. The zero-order valence-corrected chi connectivity index (χ0v) is 13.1. The van der Waals surface area contributed by atoms with Crippen molar-refractivity contribution < 1.29 is 14.0 Å². The van der Waals surface area contributed by atoms with Gasteiger partial charge in [-0.1, -0.05) is 18.2 Å².